The molecule has 0 heterocycles. The third kappa shape index (κ3) is 12.4. The molecule has 136 valence electrons. The molecule has 0 aromatic heterocycles. The number of hydrogen-bond donors (Lipinski definition) is 0. The minimum Gasteiger partial charge on any atom is -0.494 e. The molecule has 0 aromatic carbocycles. The molecule has 0 aliphatic carbocycles. The summed E-state index contributed by atoms with van der Waals surface area (Å²) in [6, 6.07) is 0. The Hall–Kier alpha value is -0.640. The quantitative estimate of drug-likeness (QED) is 0.220. The van der Waals surface area contributed by atoms with Gasteiger partial charge in [0.05, 0.1) is 5.76 Å². The second kappa shape index (κ2) is 13.8. The first-order valence-corrected chi connectivity index (χ1v) is 10.1. The summed E-state index contributed by atoms with van der Waals surface area (Å²) in [5.41, 5.74) is -0.0187. The van der Waals surface area contributed by atoms with E-state index in [2.05, 4.69) is 34.3 Å². The molecule has 4 heteroatoms. The minimum atomic E-state index is -0.130. The maximum Gasteiger partial charge on any atom is 0.305 e. The van der Waals surface area contributed by atoms with Crippen LogP contribution in [-0.2, 0) is 14.3 Å². The van der Waals surface area contributed by atoms with Gasteiger partial charge in [-0.3, -0.25) is 4.79 Å². The number of rotatable bonds is 15. The van der Waals surface area contributed by atoms with E-state index in [0.29, 0.717) is 19.6 Å². The van der Waals surface area contributed by atoms with E-state index in [1.54, 1.807) is 0 Å². The van der Waals surface area contributed by atoms with Crippen molar-refractivity contribution in [1.82, 2.24) is 0 Å². The lowest BCUT2D eigenvalue weighted by molar-refractivity contribution is -0.144. The average molecular weight is 345 g/mol. The van der Waals surface area contributed by atoms with Crippen LogP contribution in [0.15, 0.2) is 12.3 Å². The number of unbranched alkanes of at least 4 members (excludes halogenated alkanes) is 3. The minimum absolute atomic E-state index is 0.0187. The van der Waals surface area contributed by atoms with E-state index in [0.717, 1.165) is 30.1 Å². The zero-order valence-corrected chi connectivity index (χ0v) is 16.4. The van der Waals surface area contributed by atoms with Crippen molar-refractivity contribution in [3.63, 3.8) is 0 Å². The van der Waals surface area contributed by atoms with Gasteiger partial charge in [-0.25, -0.2) is 0 Å². The number of carbonyl (C=O) groups is 1. The highest BCUT2D eigenvalue weighted by Crippen LogP contribution is 2.32. The van der Waals surface area contributed by atoms with Crippen molar-refractivity contribution in [3.05, 3.63) is 12.3 Å². The molecule has 0 bridgehead atoms. The van der Waals surface area contributed by atoms with Gasteiger partial charge in [-0.2, -0.15) is 11.8 Å². The van der Waals surface area contributed by atoms with Gasteiger partial charge in [-0.15, -0.1) is 0 Å². The summed E-state index contributed by atoms with van der Waals surface area (Å²) in [7, 11) is 0. The molecular formula is C19H36O3S. The molecule has 0 amide bonds. The van der Waals surface area contributed by atoms with E-state index in [1.165, 1.54) is 25.7 Å². The van der Waals surface area contributed by atoms with Gasteiger partial charge in [-0.1, -0.05) is 60.0 Å². The van der Waals surface area contributed by atoms with Crippen molar-refractivity contribution >= 4 is 17.7 Å². The molecule has 0 rings (SSSR count). The first-order valence-electron chi connectivity index (χ1n) is 8.99. The van der Waals surface area contributed by atoms with E-state index in [-0.39, 0.29) is 11.4 Å². The fourth-order valence-corrected chi connectivity index (χ4v) is 2.82. The van der Waals surface area contributed by atoms with E-state index >= 15 is 0 Å². The molecule has 0 N–H and O–H groups in total. The van der Waals surface area contributed by atoms with Gasteiger partial charge in [-0.05, 0) is 24.3 Å². The second-order valence-corrected chi connectivity index (χ2v) is 7.88. The summed E-state index contributed by atoms with van der Waals surface area (Å²) >= 11 is 1.85. The fourth-order valence-electron chi connectivity index (χ4n) is 2.18. The number of esters is 1. The molecule has 0 atom stereocenters. The Kier molecular flexibility index (Phi) is 13.4. The summed E-state index contributed by atoms with van der Waals surface area (Å²) in [6.45, 7) is 13.4. The van der Waals surface area contributed by atoms with Gasteiger partial charge in [0, 0.05) is 11.8 Å². The monoisotopic (exact) mass is 344 g/mol. The number of allylic oxidation sites excluding steroid dienone is 1. The Morgan fingerprint density at radius 3 is 2.39 bits per heavy atom. The third-order valence-corrected chi connectivity index (χ3v) is 4.89. The SMILES string of the molecule is C=C(OCCOC(=O)CCCSCC)C(C)(C)CCCCCC. The van der Waals surface area contributed by atoms with Crippen LogP contribution in [0.3, 0.4) is 0 Å². The standard InChI is InChI=1S/C19H36O3S/c1-6-8-9-10-13-19(4,5)17(3)21-14-15-22-18(20)12-11-16-23-7-2/h3,6-16H2,1-2,4-5H3. The van der Waals surface area contributed by atoms with Crippen molar-refractivity contribution in [1.29, 1.82) is 0 Å². The molecule has 0 unspecified atom stereocenters. The molecule has 23 heavy (non-hydrogen) atoms. The summed E-state index contributed by atoms with van der Waals surface area (Å²) < 4.78 is 10.9. The van der Waals surface area contributed by atoms with Crippen molar-refractivity contribution in [3.8, 4) is 0 Å². The number of ether oxygens (including phenoxy) is 2. The zero-order valence-electron chi connectivity index (χ0n) is 15.6. The zero-order chi connectivity index (χ0) is 17.6. The number of hydrogen-bond acceptors (Lipinski definition) is 4. The summed E-state index contributed by atoms with van der Waals surface area (Å²) in [5.74, 6) is 2.78. The molecule has 0 aromatic rings. The predicted octanol–water partition coefficient (Wildman–Crippen LogP) is 5.59. The van der Waals surface area contributed by atoms with Crippen molar-refractivity contribution in [2.45, 2.75) is 72.6 Å². The smallest absolute Gasteiger partial charge is 0.305 e. The maximum absolute atomic E-state index is 11.5. The van der Waals surface area contributed by atoms with Gasteiger partial charge in [0.25, 0.3) is 0 Å². The van der Waals surface area contributed by atoms with Crippen LogP contribution < -0.4 is 0 Å². The Morgan fingerprint density at radius 2 is 1.74 bits per heavy atom. The lowest BCUT2D eigenvalue weighted by Gasteiger charge is -2.27. The Bertz CT molecular complexity index is 327. The van der Waals surface area contributed by atoms with Crippen LogP contribution in [-0.4, -0.2) is 30.7 Å². The molecule has 0 saturated heterocycles. The average Bonchev–Trinajstić information content (AvgIpc) is 2.52. The Balaban J connectivity index is 3.73. The van der Waals surface area contributed by atoms with Crippen molar-refractivity contribution < 1.29 is 14.3 Å². The van der Waals surface area contributed by atoms with Gasteiger partial charge in [0.1, 0.15) is 13.2 Å². The van der Waals surface area contributed by atoms with Crippen LogP contribution in [0.4, 0.5) is 0 Å². The highest BCUT2D eigenvalue weighted by atomic mass is 32.2. The molecule has 0 saturated carbocycles. The Morgan fingerprint density at radius 1 is 1.04 bits per heavy atom. The predicted molar refractivity (Wildman–Crippen MR) is 101 cm³/mol. The number of thioether (sulfide) groups is 1. The second-order valence-electron chi connectivity index (χ2n) is 6.49. The molecule has 0 spiro atoms. The van der Waals surface area contributed by atoms with Crippen molar-refractivity contribution in [2.75, 3.05) is 24.7 Å². The van der Waals surface area contributed by atoms with E-state index in [1.807, 2.05) is 11.8 Å². The molecule has 0 aliphatic heterocycles. The van der Waals surface area contributed by atoms with Gasteiger partial charge >= 0.3 is 5.97 Å². The van der Waals surface area contributed by atoms with Crippen LogP contribution in [0.5, 0.6) is 0 Å². The van der Waals surface area contributed by atoms with E-state index in [9.17, 15) is 4.79 Å². The van der Waals surface area contributed by atoms with Gasteiger partial charge in [0.2, 0.25) is 0 Å². The lowest BCUT2D eigenvalue weighted by atomic mass is 9.85. The largest absolute Gasteiger partial charge is 0.494 e. The van der Waals surface area contributed by atoms with Crippen molar-refractivity contribution in [2.24, 2.45) is 5.41 Å². The first-order chi connectivity index (χ1) is 10.9. The van der Waals surface area contributed by atoms with Gasteiger partial charge < -0.3 is 9.47 Å². The number of carbonyl (C=O) groups excluding carboxylic acids is 1. The van der Waals surface area contributed by atoms with Crippen LogP contribution >= 0.6 is 11.8 Å². The third-order valence-electron chi connectivity index (χ3n) is 3.91. The topological polar surface area (TPSA) is 35.5 Å². The van der Waals surface area contributed by atoms with Crippen LogP contribution in [0.25, 0.3) is 0 Å². The van der Waals surface area contributed by atoms with E-state index in [4.69, 9.17) is 9.47 Å². The fraction of sp³-hybridized carbons (Fsp3) is 0.842. The summed E-state index contributed by atoms with van der Waals surface area (Å²) in [6.07, 6.45) is 7.47. The molecule has 0 aliphatic rings. The first kappa shape index (κ1) is 22.4. The molecule has 0 fully saturated rings. The van der Waals surface area contributed by atoms with Crippen LogP contribution in [0.2, 0.25) is 0 Å². The van der Waals surface area contributed by atoms with Crippen LogP contribution in [0, 0.1) is 5.41 Å². The highest BCUT2D eigenvalue weighted by molar-refractivity contribution is 7.99. The molecule has 0 radical (unpaired) electrons. The van der Waals surface area contributed by atoms with Crippen LogP contribution in [0.1, 0.15) is 72.6 Å². The highest BCUT2D eigenvalue weighted by Gasteiger charge is 2.22. The normalized spacial score (nSPS) is 11.3. The summed E-state index contributed by atoms with van der Waals surface area (Å²) in [5, 5.41) is 0. The molecule has 3 nitrogen and oxygen atoms in total. The maximum atomic E-state index is 11.5. The lowest BCUT2D eigenvalue weighted by Crippen LogP contribution is -2.19. The van der Waals surface area contributed by atoms with Gasteiger partial charge in [0.15, 0.2) is 0 Å². The summed E-state index contributed by atoms with van der Waals surface area (Å²) in [4.78, 5) is 11.5. The van der Waals surface area contributed by atoms with E-state index < -0.39 is 0 Å². The Labute approximate surface area is 147 Å². The molecular weight excluding hydrogens is 308 g/mol.